The maximum atomic E-state index is 13.0. The molecule has 15 heteroatoms. The molecule has 394 valence electrons. The fourth-order valence-corrected chi connectivity index (χ4v) is 7.99. The van der Waals surface area contributed by atoms with Crippen molar-refractivity contribution in [1.29, 1.82) is 0 Å². The van der Waals surface area contributed by atoms with Gasteiger partial charge in [0.2, 0.25) is 0 Å². The van der Waals surface area contributed by atoms with Gasteiger partial charge in [-0.15, -0.1) is 0 Å². The van der Waals surface area contributed by atoms with Crippen molar-refractivity contribution in [3.63, 3.8) is 0 Å². The number of esters is 2. The van der Waals surface area contributed by atoms with E-state index in [1.807, 2.05) is 0 Å². The maximum absolute atomic E-state index is 13.0. The van der Waals surface area contributed by atoms with Crippen molar-refractivity contribution in [2.75, 3.05) is 26.4 Å². The van der Waals surface area contributed by atoms with Crippen LogP contribution in [-0.4, -0.2) is 142 Å². The summed E-state index contributed by atoms with van der Waals surface area (Å²) in [6.45, 7) is 2.45. The molecule has 2 rings (SSSR count). The van der Waals surface area contributed by atoms with Crippen LogP contribution in [0.15, 0.2) is 48.6 Å². The SMILES string of the molecule is CC/C=C/C/C=C/C/C=C/CCCCCCCC(=O)O[C@@H](COC(=O)CCCCCCCCC/C=C/CCCCCCCC)CO[C@@H]1O[C@H](CO[C@@H]2O[C@H](CO)[C@H](O)C(O)C2O)[C@H](O)C(O)C1O. The Morgan fingerprint density at radius 2 is 0.926 bits per heavy atom. The summed E-state index contributed by atoms with van der Waals surface area (Å²) in [6, 6.07) is 0. The number of ether oxygens (including phenoxy) is 6. The van der Waals surface area contributed by atoms with Crippen molar-refractivity contribution >= 4 is 11.9 Å². The molecule has 0 saturated carbocycles. The van der Waals surface area contributed by atoms with Gasteiger partial charge in [-0.1, -0.05) is 146 Å². The van der Waals surface area contributed by atoms with Crippen molar-refractivity contribution in [2.45, 2.75) is 248 Å². The maximum Gasteiger partial charge on any atom is 0.306 e. The third kappa shape index (κ3) is 27.7. The Labute approximate surface area is 408 Å². The van der Waals surface area contributed by atoms with E-state index in [1.165, 1.54) is 57.8 Å². The minimum atomic E-state index is -1.77. The fourth-order valence-electron chi connectivity index (χ4n) is 7.99. The second-order valence-electron chi connectivity index (χ2n) is 18.3. The van der Waals surface area contributed by atoms with Gasteiger partial charge in [0.05, 0.1) is 19.8 Å². The minimum absolute atomic E-state index is 0.144. The van der Waals surface area contributed by atoms with Crippen LogP contribution in [0.4, 0.5) is 0 Å². The summed E-state index contributed by atoms with van der Waals surface area (Å²) in [5.41, 5.74) is 0. The van der Waals surface area contributed by atoms with E-state index in [0.717, 1.165) is 83.5 Å². The molecule has 2 aliphatic heterocycles. The number of aliphatic hydroxyl groups is 7. The summed E-state index contributed by atoms with van der Waals surface area (Å²) in [5.74, 6) is -0.950. The lowest BCUT2D eigenvalue weighted by Gasteiger charge is -2.42. The molecule has 0 aromatic carbocycles. The Hall–Kier alpha value is -2.54. The van der Waals surface area contributed by atoms with E-state index in [-0.39, 0.29) is 19.4 Å². The van der Waals surface area contributed by atoms with Crippen molar-refractivity contribution in [1.82, 2.24) is 0 Å². The van der Waals surface area contributed by atoms with Gasteiger partial charge in [0, 0.05) is 12.8 Å². The monoisotopic (exact) mass is 969 g/mol. The number of allylic oxidation sites excluding steroid dienone is 8. The van der Waals surface area contributed by atoms with E-state index >= 15 is 0 Å². The van der Waals surface area contributed by atoms with Crippen LogP contribution in [-0.2, 0) is 38.0 Å². The first kappa shape index (κ1) is 61.6. The lowest BCUT2D eigenvalue weighted by atomic mass is 9.98. The number of carbonyl (C=O) groups is 2. The van der Waals surface area contributed by atoms with E-state index in [4.69, 9.17) is 28.4 Å². The van der Waals surface area contributed by atoms with E-state index in [9.17, 15) is 45.3 Å². The smallest absolute Gasteiger partial charge is 0.306 e. The molecule has 4 unspecified atom stereocenters. The number of unbranched alkanes of at least 4 members (excludes halogenated alkanes) is 18. The Kier molecular flexibility index (Phi) is 36.3. The number of hydrogen-bond donors (Lipinski definition) is 7. The normalized spacial score (nSPS) is 26.1. The molecule has 68 heavy (non-hydrogen) atoms. The Bertz CT molecular complexity index is 1370. The summed E-state index contributed by atoms with van der Waals surface area (Å²) >= 11 is 0. The zero-order valence-electron chi connectivity index (χ0n) is 41.6. The van der Waals surface area contributed by atoms with Crippen molar-refractivity contribution < 1.29 is 73.8 Å². The molecule has 0 spiro atoms. The average Bonchev–Trinajstić information content (AvgIpc) is 3.33. The first-order chi connectivity index (χ1) is 33.0. The zero-order chi connectivity index (χ0) is 49.6. The first-order valence-electron chi connectivity index (χ1n) is 26.2. The molecule has 15 nitrogen and oxygen atoms in total. The molecule has 7 N–H and O–H groups in total. The Balaban J connectivity index is 1.81. The molecule has 2 saturated heterocycles. The van der Waals surface area contributed by atoms with E-state index in [2.05, 4.69) is 62.5 Å². The van der Waals surface area contributed by atoms with Crippen molar-refractivity contribution in [2.24, 2.45) is 0 Å². The van der Waals surface area contributed by atoms with Gasteiger partial charge in [-0.05, 0) is 70.6 Å². The number of hydrogen-bond acceptors (Lipinski definition) is 15. The number of aliphatic hydroxyl groups excluding tert-OH is 7. The highest BCUT2D eigenvalue weighted by molar-refractivity contribution is 5.70. The third-order valence-corrected chi connectivity index (χ3v) is 12.3. The Morgan fingerprint density at radius 3 is 1.47 bits per heavy atom. The highest BCUT2D eigenvalue weighted by Crippen LogP contribution is 2.26. The van der Waals surface area contributed by atoms with Gasteiger partial charge in [0.25, 0.3) is 0 Å². The van der Waals surface area contributed by atoms with Crippen molar-refractivity contribution in [3.8, 4) is 0 Å². The number of rotatable bonds is 40. The molecular formula is C53H92O15. The van der Waals surface area contributed by atoms with Gasteiger partial charge in [0.1, 0.15) is 55.4 Å². The zero-order valence-corrected chi connectivity index (χ0v) is 41.6. The predicted molar refractivity (Wildman–Crippen MR) is 261 cm³/mol. The van der Waals surface area contributed by atoms with Crippen LogP contribution in [0.25, 0.3) is 0 Å². The molecule has 2 heterocycles. The van der Waals surface area contributed by atoms with Gasteiger partial charge < -0.3 is 64.2 Å². The van der Waals surface area contributed by atoms with Crippen molar-refractivity contribution in [3.05, 3.63) is 48.6 Å². The summed E-state index contributed by atoms with van der Waals surface area (Å²) in [5, 5.41) is 72.1. The Morgan fingerprint density at radius 1 is 0.485 bits per heavy atom. The topological polar surface area (TPSA) is 231 Å². The van der Waals surface area contributed by atoms with Crippen LogP contribution in [0.5, 0.6) is 0 Å². The van der Waals surface area contributed by atoms with E-state index < -0.39 is 99.3 Å². The molecule has 2 aliphatic rings. The van der Waals surface area contributed by atoms with Gasteiger partial charge in [-0.25, -0.2) is 0 Å². The largest absolute Gasteiger partial charge is 0.462 e. The summed E-state index contributed by atoms with van der Waals surface area (Å²) in [6.07, 6.45) is 27.1. The molecule has 11 atom stereocenters. The minimum Gasteiger partial charge on any atom is -0.462 e. The fraction of sp³-hybridized carbons (Fsp3) is 0.811. The first-order valence-corrected chi connectivity index (χ1v) is 26.2. The summed E-state index contributed by atoms with van der Waals surface area (Å²) < 4.78 is 33.6. The van der Waals surface area contributed by atoms with E-state index in [1.54, 1.807) is 0 Å². The van der Waals surface area contributed by atoms with Gasteiger partial charge in [-0.2, -0.15) is 0 Å². The van der Waals surface area contributed by atoms with Gasteiger partial charge >= 0.3 is 11.9 Å². The molecular weight excluding hydrogens is 877 g/mol. The highest BCUT2D eigenvalue weighted by Gasteiger charge is 2.47. The summed E-state index contributed by atoms with van der Waals surface area (Å²) in [7, 11) is 0. The molecule has 2 fully saturated rings. The van der Waals surface area contributed by atoms with Crippen LogP contribution in [0.2, 0.25) is 0 Å². The standard InChI is InChI=1S/C53H92O15/c1-3-5-7-9-11-13-15-17-19-20-22-23-25-27-29-31-33-35-44(55)63-38-41(66-45(56)36-34-32-30-28-26-24-21-18-16-14-12-10-8-6-4-2)39-64-52-51(62)49(60)47(58)43(68-52)40-65-53-50(61)48(59)46(57)42(37-54)67-53/h6,8,12,14,17-19,21,41-43,46-54,57-62H,3-5,7,9-11,13,15-16,20,22-40H2,1-2H3/b8-6+,14-12+,19-17+,21-18+/t41-,42+,43+,46-,47-,48?,49?,50?,51?,52+,53+/m0/s1. The molecule has 0 radical (unpaired) electrons. The molecule has 0 aromatic heterocycles. The number of carbonyl (C=O) groups excluding carboxylic acids is 2. The molecule has 0 amide bonds. The van der Waals surface area contributed by atoms with Crippen LogP contribution < -0.4 is 0 Å². The van der Waals surface area contributed by atoms with Crippen LogP contribution in [0, 0.1) is 0 Å². The van der Waals surface area contributed by atoms with Crippen LogP contribution in [0.3, 0.4) is 0 Å². The lowest BCUT2D eigenvalue weighted by Crippen LogP contribution is -2.61. The van der Waals surface area contributed by atoms with Crippen LogP contribution >= 0.6 is 0 Å². The second-order valence-corrected chi connectivity index (χ2v) is 18.3. The highest BCUT2D eigenvalue weighted by atomic mass is 16.7. The second kappa shape index (κ2) is 40.1. The summed E-state index contributed by atoms with van der Waals surface area (Å²) in [4.78, 5) is 25.8. The van der Waals surface area contributed by atoms with Gasteiger partial charge in [0.15, 0.2) is 18.7 Å². The predicted octanol–water partition coefficient (Wildman–Crippen LogP) is 7.49. The molecule has 0 aromatic rings. The molecule has 0 bridgehead atoms. The quantitative estimate of drug-likeness (QED) is 0.0179. The third-order valence-electron chi connectivity index (χ3n) is 12.3. The van der Waals surface area contributed by atoms with Gasteiger partial charge in [-0.3, -0.25) is 9.59 Å². The molecule has 0 aliphatic carbocycles. The van der Waals surface area contributed by atoms with E-state index in [0.29, 0.717) is 12.8 Å². The average molecular weight is 969 g/mol. The lowest BCUT2D eigenvalue weighted by molar-refractivity contribution is -0.332. The van der Waals surface area contributed by atoms with Crippen LogP contribution in [0.1, 0.15) is 181 Å².